The summed E-state index contributed by atoms with van der Waals surface area (Å²) >= 11 is 0. The zero-order chi connectivity index (χ0) is 17.6. The maximum atomic E-state index is 6.08. The van der Waals surface area contributed by atoms with Crippen molar-refractivity contribution in [2.75, 3.05) is 39.2 Å². The lowest BCUT2D eigenvalue weighted by Gasteiger charge is -2.40. The fourth-order valence-electron chi connectivity index (χ4n) is 2.97. The van der Waals surface area contributed by atoms with Crippen LogP contribution in [-0.4, -0.2) is 50.3 Å². The Morgan fingerprint density at radius 2 is 1.88 bits per heavy atom. The van der Waals surface area contributed by atoms with E-state index in [9.17, 15) is 0 Å². The second kappa shape index (κ2) is 10.1. The van der Waals surface area contributed by atoms with Crippen molar-refractivity contribution in [3.05, 3.63) is 18.2 Å². The number of hydrogen-bond donors (Lipinski definition) is 2. The molecule has 1 saturated heterocycles. The van der Waals surface area contributed by atoms with Gasteiger partial charge in [-0.3, -0.25) is 9.89 Å². The predicted molar refractivity (Wildman–Crippen MR) is 115 cm³/mol. The van der Waals surface area contributed by atoms with Crippen LogP contribution in [0.2, 0.25) is 0 Å². The fourth-order valence-corrected chi connectivity index (χ4v) is 2.97. The van der Waals surface area contributed by atoms with Crippen molar-refractivity contribution in [1.82, 2.24) is 4.90 Å². The second-order valence-electron chi connectivity index (χ2n) is 6.75. The molecule has 0 aliphatic carbocycles. The molecule has 0 aromatic heterocycles. The molecule has 0 amide bonds. The smallest absolute Gasteiger partial charge is 0.193 e. The van der Waals surface area contributed by atoms with Crippen LogP contribution in [0.15, 0.2) is 23.2 Å². The first-order valence-corrected chi connectivity index (χ1v) is 8.50. The van der Waals surface area contributed by atoms with E-state index in [-0.39, 0.29) is 29.5 Å². The Morgan fingerprint density at radius 1 is 1.20 bits per heavy atom. The summed E-state index contributed by atoms with van der Waals surface area (Å²) in [6.07, 6.45) is 3.86. The molecule has 0 saturated carbocycles. The molecule has 1 fully saturated rings. The number of rotatable bonds is 6. The minimum absolute atomic E-state index is 0. The molecule has 0 bridgehead atoms. The van der Waals surface area contributed by atoms with Crippen LogP contribution in [0, 0.1) is 0 Å². The molecular formula is C18H31IN4O2. The molecule has 142 valence electrons. The SMILES string of the molecule is COc1ccc(OC)c(NC(N)=NCC(C)(C)N2CCCCC2)c1.I. The van der Waals surface area contributed by atoms with Crippen molar-refractivity contribution in [1.29, 1.82) is 0 Å². The maximum absolute atomic E-state index is 6.08. The highest BCUT2D eigenvalue weighted by molar-refractivity contribution is 14.0. The lowest BCUT2D eigenvalue weighted by atomic mass is 9.99. The van der Waals surface area contributed by atoms with Gasteiger partial charge >= 0.3 is 0 Å². The van der Waals surface area contributed by atoms with E-state index in [1.807, 2.05) is 18.2 Å². The molecule has 1 aromatic rings. The highest BCUT2D eigenvalue weighted by Crippen LogP contribution is 2.28. The van der Waals surface area contributed by atoms with Gasteiger partial charge in [0.15, 0.2) is 5.96 Å². The van der Waals surface area contributed by atoms with E-state index < -0.39 is 0 Å². The number of ether oxygens (including phenoxy) is 2. The van der Waals surface area contributed by atoms with Crippen LogP contribution in [0.25, 0.3) is 0 Å². The fraction of sp³-hybridized carbons (Fsp3) is 0.611. The second-order valence-corrected chi connectivity index (χ2v) is 6.75. The van der Waals surface area contributed by atoms with E-state index in [1.54, 1.807) is 14.2 Å². The van der Waals surface area contributed by atoms with Crippen LogP contribution in [0.5, 0.6) is 11.5 Å². The summed E-state index contributed by atoms with van der Waals surface area (Å²) in [6.45, 7) is 7.37. The molecule has 2 rings (SSSR count). The maximum Gasteiger partial charge on any atom is 0.193 e. The van der Waals surface area contributed by atoms with Gasteiger partial charge in [0, 0.05) is 11.6 Å². The molecule has 25 heavy (non-hydrogen) atoms. The van der Waals surface area contributed by atoms with E-state index in [1.165, 1.54) is 19.3 Å². The Balaban J connectivity index is 0.00000312. The summed E-state index contributed by atoms with van der Waals surface area (Å²) in [5.74, 6) is 1.82. The first-order valence-electron chi connectivity index (χ1n) is 8.50. The van der Waals surface area contributed by atoms with Crippen molar-refractivity contribution in [2.45, 2.75) is 38.6 Å². The molecule has 0 unspecified atom stereocenters. The van der Waals surface area contributed by atoms with Gasteiger partial charge in [-0.25, -0.2) is 0 Å². The van der Waals surface area contributed by atoms with Gasteiger partial charge in [-0.2, -0.15) is 0 Å². The van der Waals surface area contributed by atoms with Crippen LogP contribution in [-0.2, 0) is 0 Å². The average molecular weight is 462 g/mol. The molecule has 7 heteroatoms. The zero-order valence-electron chi connectivity index (χ0n) is 15.7. The van der Waals surface area contributed by atoms with Gasteiger partial charge in [-0.15, -0.1) is 24.0 Å². The van der Waals surface area contributed by atoms with Gasteiger partial charge in [-0.05, 0) is 51.9 Å². The lowest BCUT2D eigenvalue weighted by molar-refractivity contribution is 0.102. The molecule has 6 nitrogen and oxygen atoms in total. The van der Waals surface area contributed by atoms with E-state index in [2.05, 4.69) is 29.1 Å². The van der Waals surface area contributed by atoms with Gasteiger partial charge in [0.1, 0.15) is 11.5 Å². The van der Waals surface area contributed by atoms with E-state index in [0.717, 1.165) is 24.5 Å². The van der Waals surface area contributed by atoms with Crippen LogP contribution >= 0.6 is 24.0 Å². The van der Waals surface area contributed by atoms with Gasteiger partial charge in [0.25, 0.3) is 0 Å². The normalized spacial score (nSPS) is 16.1. The quantitative estimate of drug-likeness (QED) is 0.386. The first-order chi connectivity index (χ1) is 11.5. The number of halogens is 1. The molecular weight excluding hydrogens is 431 g/mol. The largest absolute Gasteiger partial charge is 0.497 e. The van der Waals surface area contributed by atoms with E-state index in [0.29, 0.717) is 18.3 Å². The predicted octanol–water partition coefficient (Wildman–Crippen LogP) is 3.31. The highest BCUT2D eigenvalue weighted by Gasteiger charge is 2.27. The summed E-state index contributed by atoms with van der Waals surface area (Å²) in [5.41, 5.74) is 6.83. The number of piperidine rings is 1. The zero-order valence-corrected chi connectivity index (χ0v) is 18.0. The molecule has 1 aromatic carbocycles. The number of nitrogens with two attached hydrogens (primary N) is 1. The molecule has 1 heterocycles. The van der Waals surface area contributed by atoms with Crippen molar-refractivity contribution in [2.24, 2.45) is 10.7 Å². The van der Waals surface area contributed by atoms with Crippen molar-refractivity contribution < 1.29 is 9.47 Å². The Labute approximate surface area is 168 Å². The number of nitrogens with one attached hydrogen (secondary N) is 1. The molecule has 3 N–H and O–H groups in total. The molecule has 0 spiro atoms. The van der Waals surface area contributed by atoms with Crippen molar-refractivity contribution >= 4 is 35.6 Å². The van der Waals surface area contributed by atoms with Crippen LogP contribution in [0.1, 0.15) is 33.1 Å². The minimum atomic E-state index is 0. The number of aliphatic imine (C=N–C) groups is 1. The van der Waals surface area contributed by atoms with E-state index >= 15 is 0 Å². The number of benzene rings is 1. The minimum Gasteiger partial charge on any atom is -0.497 e. The van der Waals surface area contributed by atoms with Gasteiger partial charge in [0.2, 0.25) is 0 Å². The third-order valence-electron chi connectivity index (χ3n) is 4.52. The summed E-state index contributed by atoms with van der Waals surface area (Å²) in [6, 6.07) is 5.53. The number of anilines is 1. The van der Waals surface area contributed by atoms with Crippen LogP contribution in [0.3, 0.4) is 0 Å². The number of guanidine groups is 1. The Morgan fingerprint density at radius 3 is 2.48 bits per heavy atom. The molecule has 1 aliphatic heterocycles. The number of hydrogen-bond acceptors (Lipinski definition) is 4. The molecule has 0 atom stereocenters. The third-order valence-corrected chi connectivity index (χ3v) is 4.52. The van der Waals surface area contributed by atoms with Crippen LogP contribution in [0.4, 0.5) is 5.69 Å². The van der Waals surface area contributed by atoms with Crippen LogP contribution < -0.4 is 20.5 Å². The standard InChI is InChI=1S/C18H30N4O2.HI/c1-18(2,22-10-6-5-7-11-22)13-20-17(19)21-15-12-14(23-3)8-9-16(15)24-4;/h8-9,12H,5-7,10-11,13H2,1-4H3,(H3,19,20,21);1H. The topological polar surface area (TPSA) is 72.1 Å². The van der Waals surface area contributed by atoms with Gasteiger partial charge in [0.05, 0.1) is 26.5 Å². The van der Waals surface area contributed by atoms with Gasteiger partial charge in [-0.1, -0.05) is 6.42 Å². The van der Waals surface area contributed by atoms with Crippen molar-refractivity contribution in [3.8, 4) is 11.5 Å². The van der Waals surface area contributed by atoms with Crippen molar-refractivity contribution in [3.63, 3.8) is 0 Å². The average Bonchev–Trinajstić information content (AvgIpc) is 2.60. The number of methoxy groups -OCH3 is 2. The number of nitrogens with zero attached hydrogens (tertiary/aromatic N) is 2. The van der Waals surface area contributed by atoms with Gasteiger partial charge < -0.3 is 20.5 Å². The Kier molecular flexibility index (Phi) is 8.78. The number of likely N-dealkylation sites (tertiary alicyclic amines) is 1. The summed E-state index contributed by atoms with van der Waals surface area (Å²) in [4.78, 5) is 7.04. The highest BCUT2D eigenvalue weighted by atomic mass is 127. The Hall–Kier alpha value is -1.22. The Bertz CT molecular complexity index is 572. The molecule has 0 radical (unpaired) electrons. The monoisotopic (exact) mass is 462 g/mol. The summed E-state index contributed by atoms with van der Waals surface area (Å²) in [5, 5.41) is 3.12. The lowest BCUT2D eigenvalue weighted by Crippen LogP contribution is -2.49. The summed E-state index contributed by atoms with van der Waals surface area (Å²) < 4.78 is 10.6. The summed E-state index contributed by atoms with van der Waals surface area (Å²) in [7, 11) is 3.25. The van der Waals surface area contributed by atoms with E-state index in [4.69, 9.17) is 15.2 Å². The first kappa shape index (κ1) is 21.8. The molecule has 1 aliphatic rings. The third kappa shape index (κ3) is 6.22.